The number of carbonyl (C=O) groups excluding carboxylic acids is 1. The minimum absolute atomic E-state index is 0.140. The molecule has 0 aliphatic rings. The number of alkyl halides is 6. The summed E-state index contributed by atoms with van der Waals surface area (Å²) < 4.78 is 79.2. The summed E-state index contributed by atoms with van der Waals surface area (Å²) in [6, 6.07) is 6.25. The Hall–Kier alpha value is -2.92. The molecule has 31 heavy (non-hydrogen) atoms. The second-order valence-corrected chi connectivity index (χ2v) is 6.90. The number of amides is 1. The largest absolute Gasteiger partial charge is 0.418 e. The van der Waals surface area contributed by atoms with Crippen LogP contribution in [-0.4, -0.2) is 15.5 Å². The average molecular weight is 483 g/mol. The van der Waals surface area contributed by atoms with Crippen LogP contribution in [0.25, 0.3) is 5.69 Å². The fourth-order valence-electron chi connectivity index (χ4n) is 2.59. The van der Waals surface area contributed by atoms with Crippen molar-refractivity contribution in [3.8, 4) is 5.69 Å². The van der Waals surface area contributed by atoms with Crippen molar-refractivity contribution >= 4 is 34.9 Å². The van der Waals surface area contributed by atoms with Crippen LogP contribution in [0.2, 0.25) is 10.0 Å². The summed E-state index contributed by atoms with van der Waals surface area (Å²) in [5, 5.41) is -0.568. The van der Waals surface area contributed by atoms with Crippen LogP contribution in [0.1, 0.15) is 21.6 Å². The maximum absolute atomic E-state index is 13.4. The minimum atomic E-state index is -4.74. The van der Waals surface area contributed by atoms with Gasteiger partial charge >= 0.3 is 12.4 Å². The van der Waals surface area contributed by atoms with Gasteiger partial charge in [-0.15, -0.1) is 0 Å². The molecule has 1 aromatic carbocycles. The molecule has 0 unspecified atom stereocenters. The summed E-state index contributed by atoms with van der Waals surface area (Å²) in [7, 11) is 0. The molecule has 0 fully saturated rings. The molecule has 13 heteroatoms. The van der Waals surface area contributed by atoms with E-state index in [4.69, 9.17) is 23.2 Å². The van der Waals surface area contributed by atoms with Gasteiger partial charge in [0.05, 0.1) is 21.8 Å². The predicted molar refractivity (Wildman–Crippen MR) is 101 cm³/mol. The summed E-state index contributed by atoms with van der Waals surface area (Å²) in [5.41, 5.74) is 1.67. The first-order chi connectivity index (χ1) is 14.4. The molecule has 0 saturated heterocycles. The van der Waals surface area contributed by atoms with Gasteiger partial charge in [-0.1, -0.05) is 23.2 Å². The Morgan fingerprint density at radius 3 is 2.32 bits per heavy atom. The van der Waals surface area contributed by atoms with Crippen LogP contribution in [0.5, 0.6) is 0 Å². The SMILES string of the molecule is O=C(NNc1ncc(C(F)(F)F)cc1Cl)c1cccn1-c1ccc(Cl)cc1C(F)(F)F. The van der Waals surface area contributed by atoms with E-state index in [9.17, 15) is 31.1 Å². The number of halogens is 8. The lowest BCUT2D eigenvalue weighted by Gasteiger charge is -2.17. The van der Waals surface area contributed by atoms with Crippen molar-refractivity contribution in [3.63, 3.8) is 0 Å². The van der Waals surface area contributed by atoms with Gasteiger partial charge in [0, 0.05) is 17.4 Å². The smallest absolute Gasteiger partial charge is 0.312 e. The quantitative estimate of drug-likeness (QED) is 0.355. The molecule has 0 radical (unpaired) electrons. The number of rotatable bonds is 4. The first-order valence-electron chi connectivity index (χ1n) is 8.21. The third kappa shape index (κ3) is 5.05. The second-order valence-electron chi connectivity index (χ2n) is 6.05. The minimum Gasteiger partial charge on any atom is -0.312 e. The Kier molecular flexibility index (Phi) is 6.10. The lowest BCUT2D eigenvalue weighted by atomic mass is 10.1. The van der Waals surface area contributed by atoms with E-state index in [0.717, 1.165) is 16.7 Å². The fraction of sp³-hybridized carbons (Fsp3) is 0.111. The zero-order valence-electron chi connectivity index (χ0n) is 14.9. The summed E-state index contributed by atoms with van der Waals surface area (Å²) in [4.78, 5) is 16.0. The number of anilines is 1. The van der Waals surface area contributed by atoms with Crippen LogP contribution in [0.4, 0.5) is 32.2 Å². The van der Waals surface area contributed by atoms with Crippen molar-refractivity contribution in [3.05, 3.63) is 75.7 Å². The molecule has 0 bridgehead atoms. The first-order valence-corrected chi connectivity index (χ1v) is 8.97. The van der Waals surface area contributed by atoms with Crippen molar-refractivity contribution in [2.24, 2.45) is 0 Å². The van der Waals surface area contributed by atoms with E-state index < -0.39 is 34.4 Å². The van der Waals surface area contributed by atoms with Gasteiger partial charge in [-0.2, -0.15) is 26.3 Å². The molecule has 0 spiro atoms. The van der Waals surface area contributed by atoms with Crippen LogP contribution >= 0.6 is 23.2 Å². The van der Waals surface area contributed by atoms with Crippen molar-refractivity contribution in [2.75, 3.05) is 5.43 Å². The van der Waals surface area contributed by atoms with E-state index in [2.05, 4.69) is 15.8 Å². The van der Waals surface area contributed by atoms with Gasteiger partial charge in [0.25, 0.3) is 5.91 Å². The molecular formula is C18H10Cl2F6N4O. The van der Waals surface area contributed by atoms with Gasteiger partial charge in [-0.3, -0.25) is 15.6 Å². The third-order valence-electron chi connectivity index (χ3n) is 3.97. The van der Waals surface area contributed by atoms with Crippen LogP contribution in [0.15, 0.2) is 48.8 Å². The summed E-state index contributed by atoms with van der Waals surface area (Å²) in [6.45, 7) is 0. The van der Waals surface area contributed by atoms with Crippen molar-refractivity contribution < 1.29 is 31.1 Å². The van der Waals surface area contributed by atoms with Crippen molar-refractivity contribution in [1.29, 1.82) is 0 Å². The zero-order valence-corrected chi connectivity index (χ0v) is 16.5. The average Bonchev–Trinajstić information content (AvgIpc) is 3.15. The number of pyridine rings is 1. The third-order valence-corrected chi connectivity index (χ3v) is 4.49. The highest BCUT2D eigenvalue weighted by Gasteiger charge is 2.35. The highest BCUT2D eigenvalue weighted by atomic mass is 35.5. The van der Waals surface area contributed by atoms with Crippen molar-refractivity contribution in [2.45, 2.75) is 12.4 Å². The van der Waals surface area contributed by atoms with E-state index in [-0.39, 0.29) is 22.2 Å². The Labute approximate surface area is 180 Å². The van der Waals surface area contributed by atoms with Gasteiger partial charge in [0.2, 0.25) is 0 Å². The highest BCUT2D eigenvalue weighted by molar-refractivity contribution is 6.33. The molecule has 0 aliphatic carbocycles. The van der Waals surface area contributed by atoms with Crippen molar-refractivity contribution in [1.82, 2.24) is 15.0 Å². The molecule has 0 aliphatic heterocycles. The molecule has 2 N–H and O–H groups in total. The lowest BCUT2D eigenvalue weighted by Crippen LogP contribution is -2.31. The van der Waals surface area contributed by atoms with Gasteiger partial charge < -0.3 is 4.57 Å². The molecule has 0 atom stereocenters. The zero-order chi connectivity index (χ0) is 23.0. The van der Waals surface area contributed by atoms with Crippen LogP contribution in [-0.2, 0) is 12.4 Å². The van der Waals surface area contributed by atoms with Gasteiger partial charge in [-0.25, -0.2) is 4.98 Å². The molecule has 2 heterocycles. The molecule has 3 aromatic rings. The molecular weight excluding hydrogens is 473 g/mol. The monoisotopic (exact) mass is 482 g/mol. The number of hydrogen-bond donors (Lipinski definition) is 2. The van der Waals surface area contributed by atoms with Gasteiger partial charge in [0.15, 0.2) is 5.82 Å². The fourth-order valence-corrected chi connectivity index (χ4v) is 2.97. The Bertz CT molecular complexity index is 1130. The maximum Gasteiger partial charge on any atom is 0.418 e. The van der Waals surface area contributed by atoms with E-state index in [0.29, 0.717) is 12.3 Å². The molecule has 5 nitrogen and oxygen atoms in total. The summed E-state index contributed by atoms with van der Waals surface area (Å²) in [5.74, 6) is -1.19. The normalized spacial score (nSPS) is 12.0. The summed E-state index contributed by atoms with van der Waals surface area (Å²) >= 11 is 11.4. The standard InChI is InChI=1S/C18H10Cl2F6N4O/c19-10-3-4-13(11(7-10)18(24,25)26)30-5-1-2-14(30)16(31)29-28-15-12(20)6-9(8-27-15)17(21,22)23/h1-8H,(H,27,28)(H,29,31). The molecule has 3 rings (SSSR count). The van der Waals surface area contributed by atoms with Gasteiger partial charge in [-0.05, 0) is 36.4 Å². The number of carbonyl (C=O) groups is 1. The Morgan fingerprint density at radius 2 is 1.71 bits per heavy atom. The number of nitrogens with one attached hydrogen (secondary N) is 2. The first kappa shape index (κ1) is 22.8. The topological polar surface area (TPSA) is 59.0 Å². The van der Waals surface area contributed by atoms with Crippen LogP contribution in [0, 0.1) is 0 Å². The Balaban J connectivity index is 1.85. The van der Waals surface area contributed by atoms with E-state index in [1.54, 1.807) is 0 Å². The molecule has 1 amide bonds. The number of nitrogens with zero attached hydrogens (tertiary/aromatic N) is 2. The predicted octanol–water partition coefficient (Wildman–Crippen LogP) is 5.97. The number of aromatic nitrogens is 2. The van der Waals surface area contributed by atoms with E-state index >= 15 is 0 Å². The number of benzene rings is 1. The highest BCUT2D eigenvalue weighted by Crippen LogP contribution is 2.36. The Morgan fingerprint density at radius 1 is 1.00 bits per heavy atom. The molecule has 0 saturated carbocycles. The lowest BCUT2D eigenvalue weighted by molar-refractivity contribution is -0.138. The van der Waals surface area contributed by atoms with E-state index in [1.807, 2.05) is 0 Å². The second kappa shape index (κ2) is 8.31. The molecule has 164 valence electrons. The number of hydrogen-bond acceptors (Lipinski definition) is 3. The van der Waals surface area contributed by atoms with E-state index in [1.165, 1.54) is 24.4 Å². The van der Waals surface area contributed by atoms with Gasteiger partial charge in [0.1, 0.15) is 5.69 Å². The number of hydrazine groups is 1. The summed E-state index contributed by atoms with van der Waals surface area (Å²) in [6.07, 6.45) is -7.66. The maximum atomic E-state index is 13.4. The van der Waals surface area contributed by atoms with Crippen LogP contribution < -0.4 is 10.9 Å². The van der Waals surface area contributed by atoms with Crippen LogP contribution in [0.3, 0.4) is 0 Å². The molecule has 2 aromatic heterocycles.